The van der Waals surface area contributed by atoms with Crippen molar-refractivity contribution in [3.05, 3.63) is 29.8 Å². The number of para-hydroxylation sites is 1. The van der Waals surface area contributed by atoms with Gasteiger partial charge in [0.2, 0.25) is 11.8 Å². The van der Waals surface area contributed by atoms with E-state index >= 15 is 0 Å². The van der Waals surface area contributed by atoms with Gasteiger partial charge in [0.05, 0.1) is 12.7 Å². The number of rotatable bonds is 7. The third kappa shape index (κ3) is 5.19. The number of carbonyl (C=O) groups is 2. The predicted octanol–water partition coefficient (Wildman–Crippen LogP) is 2.12. The topological polar surface area (TPSA) is 67.9 Å². The maximum Gasteiger partial charge on any atom is 0.220 e. The van der Waals surface area contributed by atoms with Gasteiger partial charge in [0.25, 0.3) is 0 Å². The summed E-state index contributed by atoms with van der Waals surface area (Å²) in [5.74, 6) is 0.796. The lowest BCUT2D eigenvalue weighted by Gasteiger charge is -2.41. The number of carbonyl (C=O) groups excluding carboxylic acids is 2. The lowest BCUT2D eigenvalue weighted by molar-refractivity contribution is -0.139. The van der Waals surface area contributed by atoms with Crippen LogP contribution in [-0.2, 0) is 20.9 Å². The van der Waals surface area contributed by atoms with Gasteiger partial charge in [-0.3, -0.25) is 9.59 Å². The smallest absolute Gasteiger partial charge is 0.220 e. The first-order valence-corrected chi connectivity index (χ1v) is 8.69. The van der Waals surface area contributed by atoms with E-state index in [1.54, 1.807) is 26.0 Å². The number of amides is 2. The Labute approximate surface area is 149 Å². The molecule has 1 saturated heterocycles. The van der Waals surface area contributed by atoms with Crippen molar-refractivity contribution in [2.75, 3.05) is 27.3 Å². The summed E-state index contributed by atoms with van der Waals surface area (Å²) in [4.78, 5) is 25.7. The number of nitrogens with one attached hydrogen (secondary N) is 1. The van der Waals surface area contributed by atoms with E-state index in [4.69, 9.17) is 9.47 Å². The number of nitrogens with zero attached hydrogens (tertiary/aromatic N) is 1. The van der Waals surface area contributed by atoms with E-state index in [-0.39, 0.29) is 11.8 Å². The molecule has 0 spiro atoms. The van der Waals surface area contributed by atoms with Gasteiger partial charge in [-0.2, -0.15) is 0 Å². The van der Waals surface area contributed by atoms with Gasteiger partial charge in [-0.15, -0.1) is 0 Å². The fourth-order valence-electron chi connectivity index (χ4n) is 3.31. The third-order valence-electron chi connectivity index (χ3n) is 4.89. The predicted molar refractivity (Wildman–Crippen MR) is 95.3 cm³/mol. The van der Waals surface area contributed by atoms with Crippen LogP contribution in [-0.4, -0.2) is 49.6 Å². The van der Waals surface area contributed by atoms with Crippen LogP contribution in [0.1, 0.15) is 38.2 Å². The normalized spacial score (nSPS) is 20.2. The van der Waals surface area contributed by atoms with E-state index in [9.17, 15) is 9.59 Å². The van der Waals surface area contributed by atoms with Gasteiger partial charge in [-0.05, 0) is 25.3 Å². The van der Waals surface area contributed by atoms with Crippen LogP contribution in [0, 0.1) is 0 Å². The summed E-state index contributed by atoms with van der Waals surface area (Å²) in [6.45, 7) is 3.33. The van der Waals surface area contributed by atoms with Crippen molar-refractivity contribution in [3.8, 4) is 5.75 Å². The molecule has 25 heavy (non-hydrogen) atoms. The number of methoxy groups -OCH3 is 2. The minimum absolute atomic E-state index is 0.0257. The fourth-order valence-corrected chi connectivity index (χ4v) is 3.31. The van der Waals surface area contributed by atoms with Crippen molar-refractivity contribution >= 4 is 11.8 Å². The largest absolute Gasteiger partial charge is 0.496 e. The molecular weight excluding hydrogens is 320 g/mol. The molecule has 6 heteroatoms. The van der Waals surface area contributed by atoms with Crippen molar-refractivity contribution in [3.63, 3.8) is 0 Å². The van der Waals surface area contributed by atoms with Crippen LogP contribution in [0.4, 0.5) is 0 Å². The zero-order valence-corrected chi connectivity index (χ0v) is 15.3. The lowest BCUT2D eigenvalue weighted by Crippen LogP contribution is -2.51. The molecule has 1 aromatic rings. The minimum atomic E-state index is -0.425. The Morgan fingerprint density at radius 3 is 2.72 bits per heavy atom. The molecule has 0 aliphatic carbocycles. The fraction of sp³-hybridized carbons (Fsp3) is 0.579. The van der Waals surface area contributed by atoms with Gasteiger partial charge < -0.3 is 19.7 Å². The summed E-state index contributed by atoms with van der Waals surface area (Å²) in [6, 6.07) is 7.63. The second-order valence-corrected chi connectivity index (χ2v) is 6.52. The minimum Gasteiger partial charge on any atom is -0.496 e. The first-order chi connectivity index (χ1) is 12.0. The Morgan fingerprint density at radius 1 is 1.28 bits per heavy atom. The van der Waals surface area contributed by atoms with Crippen LogP contribution in [0.25, 0.3) is 0 Å². The molecule has 1 aliphatic heterocycles. The van der Waals surface area contributed by atoms with E-state index in [1.807, 2.05) is 24.3 Å². The summed E-state index contributed by atoms with van der Waals surface area (Å²) in [7, 11) is 3.28. The quantitative estimate of drug-likeness (QED) is 0.820. The molecule has 0 radical (unpaired) electrons. The molecule has 0 saturated carbocycles. The first-order valence-electron chi connectivity index (χ1n) is 8.69. The Bertz CT molecular complexity index is 605. The van der Waals surface area contributed by atoms with Crippen molar-refractivity contribution in [2.45, 2.75) is 44.8 Å². The van der Waals surface area contributed by atoms with E-state index in [1.165, 1.54) is 0 Å². The average molecular weight is 348 g/mol. The Hall–Kier alpha value is -2.08. The number of ether oxygens (including phenoxy) is 2. The Morgan fingerprint density at radius 2 is 2.04 bits per heavy atom. The zero-order chi connectivity index (χ0) is 18.3. The van der Waals surface area contributed by atoms with Crippen molar-refractivity contribution < 1.29 is 19.1 Å². The van der Waals surface area contributed by atoms with Gasteiger partial charge in [0.15, 0.2) is 0 Å². The van der Waals surface area contributed by atoms with Gasteiger partial charge in [-0.1, -0.05) is 18.2 Å². The first kappa shape index (κ1) is 19.2. The second-order valence-electron chi connectivity index (χ2n) is 6.52. The molecule has 1 fully saturated rings. The van der Waals surface area contributed by atoms with Crippen molar-refractivity contribution in [1.82, 2.24) is 10.2 Å². The highest BCUT2D eigenvalue weighted by atomic mass is 16.5. The molecule has 1 aliphatic rings. The van der Waals surface area contributed by atoms with E-state index in [2.05, 4.69) is 5.32 Å². The molecule has 0 bridgehead atoms. The average Bonchev–Trinajstić information content (AvgIpc) is 2.65. The van der Waals surface area contributed by atoms with Gasteiger partial charge >= 0.3 is 0 Å². The molecule has 1 N–H and O–H groups in total. The molecule has 138 valence electrons. The highest BCUT2D eigenvalue weighted by Gasteiger charge is 2.36. The van der Waals surface area contributed by atoms with Crippen molar-refractivity contribution in [1.29, 1.82) is 0 Å². The van der Waals surface area contributed by atoms with Crippen LogP contribution in [0.2, 0.25) is 0 Å². The molecule has 2 rings (SSSR count). The van der Waals surface area contributed by atoms with Gasteiger partial charge in [-0.25, -0.2) is 0 Å². The van der Waals surface area contributed by atoms with Crippen LogP contribution >= 0.6 is 0 Å². The molecule has 1 atom stereocenters. The molecule has 2 amide bonds. The van der Waals surface area contributed by atoms with Gasteiger partial charge in [0, 0.05) is 45.7 Å². The number of benzene rings is 1. The standard InChI is InChI=1S/C19H28N2O4/c1-15(22)21-12-6-10-19(14-21,25-3)11-9-18(23)20-13-16-7-4-5-8-17(16)24-2/h4-5,7-8H,6,9-14H2,1-3H3,(H,20,23)/t19-/m0/s1. The SMILES string of the molecule is COc1ccccc1CNC(=O)CC[C@@]1(OC)CCCN(C(C)=O)C1. The third-order valence-corrected chi connectivity index (χ3v) is 4.89. The summed E-state index contributed by atoms with van der Waals surface area (Å²) >= 11 is 0. The number of hydrogen-bond donors (Lipinski definition) is 1. The maximum absolute atomic E-state index is 12.2. The van der Waals surface area contributed by atoms with Crippen LogP contribution in [0.15, 0.2) is 24.3 Å². The van der Waals surface area contributed by atoms with E-state index in [0.29, 0.717) is 25.9 Å². The molecule has 0 unspecified atom stereocenters. The highest BCUT2D eigenvalue weighted by Crippen LogP contribution is 2.29. The van der Waals surface area contributed by atoms with Crippen LogP contribution in [0.5, 0.6) is 5.75 Å². The Balaban J connectivity index is 1.86. The molecule has 1 heterocycles. The molecule has 6 nitrogen and oxygen atoms in total. The maximum atomic E-state index is 12.2. The lowest BCUT2D eigenvalue weighted by atomic mass is 9.87. The van der Waals surface area contributed by atoms with E-state index < -0.39 is 5.60 Å². The molecule has 1 aromatic carbocycles. The highest BCUT2D eigenvalue weighted by molar-refractivity contribution is 5.76. The van der Waals surface area contributed by atoms with Gasteiger partial charge in [0.1, 0.15) is 5.75 Å². The Kier molecular flexibility index (Phi) is 6.82. The number of piperidine rings is 1. The molecular formula is C19H28N2O4. The number of hydrogen-bond acceptors (Lipinski definition) is 4. The second kappa shape index (κ2) is 8.85. The van der Waals surface area contributed by atoms with E-state index in [0.717, 1.165) is 30.7 Å². The molecule has 0 aromatic heterocycles. The number of likely N-dealkylation sites (tertiary alicyclic amines) is 1. The summed E-state index contributed by atoms with van der Waals surface area (Å²) in [5, 5.41) is 2.93. The van der Waals surface area contributed by atoms with Crippen molar-refractivity contribution in [2.24, 2.45) is 0 Å². The monoisotopic (exact) mass is 348 g/mol. The summed E-state index contributed by atoms with van der Waals surface area (Å²) in [5.41, 5.74) is 0.520. The summed E-state index contributed by atoms with van der Waals surface area (Å²) < 4.78 is 11.0. The van der Waals surface area contributed by atoms with Crippen LogP contribution < -0.4 is 10.1 Å². The zero-order valence-electron chi connectivity index (χ0n) is 15.3. The summed E-state index contributed by atoms with van der Waals surface area (Å²) in [6.07, 6.45) is 2.74. The van der Waals surface area contributed by atoms with Crippen LogP contribution in [0.3, 0.4) is 0 Å².